The van der Waals surface area contributed by atoms with Gasteiger partial charge in [-0.25, -0.2) is 0 Å². The summed E-state index contributed by atoms with van der Waals surface area (Å²) in [6.07, 6.45) is 1.96. The highest BCUT2D eigenvalue weighted by Gasteiger charge is 2.21. The van der Waals surface area contributed by atoms with Crippen LogP contribution in [0.15, 0.2) is 217 Å². The summed E-state index contributed by atoms with van der Waals surface area (Å²) >= 11 is 0. The van der Waals surface area contributed by atoms with Crippen molar-refractivity contribution in [3.05, 3.63) is 228 Å². The lowest BCUT2D eigenvalue weighted by Gasteiger charge is -2.26. The SMILES string of the molecule is Cc1cn(-c2ccccc2)c2cc(-n3c4ccc(N(c5ccccc5)c5ccccc5)cc4c4cc(N(c5ccccc5)c5ccccc5)ccc43)ccc2c1=O. The number of nitrogens with zero attached hydrogens (tertiary/aromatic N) is 4. The Morgan fingerprint density at radius 2 is 0.789 bits per heavy atom. The maximum atomic E-state index is 13.6. The number of aromatic nitrogens is 2. The Kier molecular flexibility index (Phi) is 8.46. The third-order valence-corrected chi connectivity index (χ3v) is 10.8. The number of hydrogen-bond donors (Lipinski definition) is 0. The molecule has 8 aromatic carbocycles. The van der Waals surface area contributed by atoms with Gasteiger partial charge in [0.05, 0.1) is 16.6 Å². The first-order valence-electron chi connectivity index (χ1n) is 19.2. The minimum atomic E-state index is 0.0454. The van der Waals surface area contributed by atoms with E-state index in [0.29, 0.717) is 10.9 Å². The summed E-state index contributed by atoms with van der Waals surface area (Å²) < 4.78 is 4.47. The molecule has 10 rings (SSSR count). The van der Waals surface area contributed by atoms with Gasteiger partial charge in [-0.15, -0.1) is 0 Å². The van der Waals surface area contributed by atoms with Gasteiger partial charge in [0.1, 0.15) is 0 Å². The standard InChI is InChI=1S/C52H38N4O/c1-37-36-53(38-17-7-2-8-18-38)51-35-45(27-30-46(51)52(37)57)56-49-31-28-43(54(39-19-9-3-10-20-39)40-21-11-4-12-22-40)33-47(49)48-34-44(29-32-50(48)56)55(41-23-13-5-14-24-41)42-25-15-6-16-26-42/h2-36H,1H3. The van der Waals surface area contributed by atoms with Crippen LogP contribution in [0.3, 0.4) is 0 Å². The first-order chi connectivity index (χ1) is 28.1. The largest absolute Gasteiger partial charge is 0.316 e. The lowest BCUT2D eigenvalue weighted by Crippen LogP contribution is -2.12. The molecular weight excluding hydrogens is 697 g/mol. The third-order valence-electron chi connectivity index (χ3n) is 10.8. The molecule has 0 fully saturated rings. The molecule has 5 heteroatoms. The van der Waals surface area contributed by atoms with Crippen LogP contribution in [0.2, 0.25) is 0 Å². The summed E-state index contributed by atoms with van der Waals surface area (Å²) in [7, 11) is 0. The quantitative estimate of drug-likeness (QED) is 0.156. The molecule has 5 nitrogen and oxygen atoms in total. The second-order valence-electron chi connectivity index (χ2n) is 14.3. The molecule has 0 atom stereocenters. The normalized spacial score (nSPS) is 11.3. The molecule has 0 aliphatic carbocycles. The summed E-state index contributed by atoms with van der Waals surface area (Å²) in [6, 6.07) is 72.1. The predicted octanol–water partition coefficient (Wildman–Crippen LogP) is 13.3. The monoisotopic (exact) mass is 734 g/mol. The lowest BCUT2D eigenvalue weighted by molar-refractivity contribution is 1.07. The molecule has 10 aromatic rings. The predicted molar refractivity (Wildman–Crippen MR) is 238 cm³/mol. The number of aryl methyl sites for hydroxylation is 1. The van der Waals surface area contributed by atoms with E-state index in [4.69, 9.17) is 0 Å². The van der Waals surface area contributed by atoms with Gasteiger partial charge in [-0.2, -0.15) is 0 Å². The maximum Gasteiger partial charge on any atom is 0.192 e. The zero-order chi connectivity index (χ0) is 38.3. The van der Waals surface area contributed by atoms with E-state index >= 15 is 0 Å². The molecule has 0 aliphatic rings. The van der Waals surface area contributed by atoms with Gasteiger partial charge >= 0.3 is 0 Å². The highest BCUT2D eigenvalue weighted by atomic mass is 16.1. The number of pyridine rings is 1. The number of rotatable bonds is 8. The topological polar surface area (TPSA) is 33.4 Å². The van der Waals surface area contributed by atoms with Crippen molar-refractivity contribution in [1.29, 1.82) is 0 Å². The average Bonchev–Trinajstić information content (AvgIpc) is 3.60. The van der Waals surface area contributed by atoms with Crippen LogP contribution < -0.4 is 15.2 Å². The number of benzene rings is 8. The van der Waals surface area contributed by atoms with E-state index in [2.05, 4.69) is 201 Å². The molecule has 0 saturated carbocycles. The Hall–Kier alpha value is -7.63. The number of anilines is 6. The number of para-hydroxylation sites is 5. The first kappa shape index (κ1) is 33.9. The fourth-order valence-corrected chi connectivity index (χ4v) is 8.15. The summed E-state index contributed by atoms with van der Waals surface area (Å²) in [5, 5.41) is 2.93. The zero-order valence-electron chi connectivity index (χ0n) is 31.4. The van der Waals surface area contributed by atoms with Gasteiger partial charge in [0.15, 0.2) is 5.43 Å². The van der Waals surface area contributed by atoms with Crippen molar-refractivity contribution >= 4 is 66.8 Å². The summed E-state index contributed by atoms with van der Waals surface area (Å²) in [5.74, 6) is 0. The van der Waals surface area contributed by atoms with Crippen molar-refractivity contribution in [3.63, 3.8) is 0 Å². The molecule has 0 N–H and O–H groups in total. The molecule has 0 amide bonds. The van der Waals surface area contributed by atoms with Crippen LogP contribution in [0, 0.1) is 6.92 Å². The fourth-order valence-electron chi connectivity index (χ4n) is 8.15. The van der Waals surface area contributed by atoms with Crippen molar-refractivity contribution in [3.8, 4) is 11.4 Å². The minimum Gasteiger partial charge on any atom is -0.316 e. The van der Waals surface area contributed by atoms with Crippen LogP contribution in [0.4, 0.5) is 34.1 Å². The van der Waals surface area contributed by atoms with Crippen molar-refractivity contribution in [2.45, 2.75) is 6.92 Å². The number of fused-ring (bicyclic) bond motifs is 4. The van der Waals surface area contributed by atoms with Crippen molar-refractivity contribution in [2.24, 2.45) is 0 Å². The molecule has 0 unspecified atom stereocenters. The number of hydrogen-bond acceptors (Lipinski definition) is 3. The summed E-state index contributed by atoms with van der Waals surface area (Å²) in [5.41, 5.74) is 12.1. The average molecular weight is 735 g/mol. The highest BCUT2D eigenvalue weighted by Crippen LogP contribution is 2.43. The Labute approximate surface area is 331 Å². The zero-order valence-corrected chi connectivity index (χ0v) is 31.4. The van der Waals surface area contributed by atoms with Gasteiger partial charge in [-0.3, -0.25) is 4.79 Å². The summed E-state index contributed by atoms with van der Waals surface area (Å²) in [6.45, 7) is 1.89. The molecule has 0 radical (unpaired) electrons. The molecular formula is C52H38N4O. The molecule has 0 bridgehead atoms. The van der Waals surface area contributed by atoms with Crippen LogP contribution in [0.25, 0.3) is 44.1 Å². The second-order valence-corrected chi connectivity index (χ2v) is 14.3. The van der Waals surface area contributed by atoms with Gasteiger partial charge in [-0.1, -0.05) is 91.0 Å². The fraction of sp³-hybridized carbons (Fsp3) is 0.0192. The Bertz CT molecular complexity index is 2870. The van der Waals surface area contributed by atoms with E-state index in [-0.39, 0.29) is 5.43 Å². The van der Waals surface area contributed by atoms with Gasteiger partial charge in [0.25, 0.3) is 0 Å². The van der Waals surface area contributed by atoms with E-state index in [9.17, 15) is 4.79 Å². The van der Waals surface area contributed by atoms with Crippen LogP contribution in [-0.2, 0) is 0 Å². The first-order valence-corrected chi connectivity index (χ1v) is 19.2. The van der Waals surface area contributed by atoms with Gasteiger partial charge in [-0.05, 0) is 122 Å². The van der Waals surface area contributed by atoms with E-state index in [1.54, 1.807) is 0 Å². The van der Waals surface area contributed by atoms with E-state index in [0.717, 1.165) is 72.8 Å². The van der Waals surface area contributed by atoms with Crippen LogP contribution in [0.1, 0.15) is 5.56 Å². The van der Waals surface area contributed by atoms with Crippen LogP contribution in [0.5, 0.6) is 0 Å². The molecule has 2 aromatic heterocycles. The second kappa shape index (κ2) is 14.2. The van der Waals surface area contributed by atoms with Crippen molar-refractivity contribution in [2.75, 3.05) is 9.80 Å². The molecule has 0 spiro atoms. The van der Waals surface area contributed by atoms with Gasteiger partial charge < -0.3 is 18.9 Å². The third kappa shape index (κ3) is 6.03. The maximum absolute atomic E-state index is 13.6. The summed E-state index contributed by atoms with van der Waals surface area (Å²) in [4.78, 5) is 18.2. The highest BCUT2D eigenvalue weighted by molar-refractivity contribution is 6.12. The molecule has 57 heavy (non-hydrogen) atoms. The van der Waals surface area contributed by atoms with Crippen LogP contribution >= 0.6 is 0 Å². The Morgan fingerprint density at radius 3 is 1.23 bits per heavy atom. The molecule has 2 heterocycles. The van der Waals surface area contributed by atoms with E-state index < -0.39 is 0 Å². The van der Waals surface area contributed by atoms with Crippen molar-refractivity contribution < 1.29 is 0 Å². The molecule has 272 valence electrons. The molecule has 0 aliphatic heterocycles. The van der Waals surface area contributed by atoms with Gasteiger partial charge in [0.2, 0.25) is 0 Å². The lowest BCUT2D eigenvalue weighted by atomic mass is 10.1. The van der Waals surface area contributed by atoms with E-state index in [1.807, 2.05) is 37.4 Å². The van der Waals surface area contributed by atoms with Crippen molar-refractivity contribution in [1.82, 2.24) is 9.13 Å². The Morgan fingerprint density at radius 1 is 0.368 bits per heavy atom. The minimum absolute atomic E-state index is 0.0454. The molecule has 0 saturated heterocycles. The van der Waals surface area contributed by atoms with Gasteiger partial charge in [0, 0.05) is 73.4 Å². The van der Waals surface area contributed by atoms with Crippen LogP contribution in [-0.4, -0.2) is 9.13 Å². The van der Waals surface area contributed by atoms with E-state index in [1.165, 1.54) is 0 Å². The smallest absolute Gasteiger partial charge is 0.192 e. The Balaban J connectivity index is 1.25.